The van der Waals surface area contributed by atoms with Crippen LogP contribution in [0.2, 0.25) is 0 Å². The third kappa shape index (κ3) is 4.76. The second-order valence-electron chi connectivity index (χ2n) is 7.60. The largest absolute Gasteiger partial charge is 0.363 e. The van der Waals surface area contributed by atoms with E-state index in [-0.39, 0.29) is 24.4 Å². The fourth-order valence-electron chi connectivity index (χ4n) is 3.98. The molecular formula is C24H25N3O3. The summed E-state index contributed by atoms with van der Waals surface area (Å²) in [6.45, 7) is -0.00318. The van der Waals surface area contributed by atoms with Gasteiger partial charge in [-0.3, -0.25) is 9.59 Å². The predicted octanol–water partition coefficient (Wildman–Crippen LogP) is 4.76. The minimum absolute atomic E-state index is 0.00318. The number of hydrogen-bond acceptors (Lipinski definition) is 4. The van der Waals surface area contributed by atoms with Gasteiger partial charge in [-0.15, -0.1) is 0 Å². The zero-order valence-corrected chi connectivity index (χ0v) is 16.8. The monoisotopic (exact) mass is 403 g/mol. The Morgan fingerprint density at radius 3 is 2.30 bits per heavy atom. The van der Waals surface area contributed by atoms with E-state index in [1.807, 2.05) is 54.6 Å². The molecule has 0 radical (unpaired) electrons. The van der Waals surface area contributed by atoms with E-state index in [4.69, 9.17) is 4.52 Å². The zero-order valence-electron chi connectivity index (χ0n) is 16.8. The van der Waals surface area contributed by atoms with Crippen LogP contribution >= 0.6 is 0 Å². The second kappa shape index (κ2) is 9.39. The molecule has 2 amide bonds. The number of benzene rings is 2. The summed E-state index contributed by atoms with van der Waals surface area (Å²) < 4.78 is 4.76. The van der Waals surface area contributed by atoms with Crippen LogP contribution in [0.15, 0.2) is 71.4 Å². The Kier molecular flexibility index (Phi) is 6.23. The van der Waals surface area contributed by atoms with E-state index in [9.17, 15) is 9.59 Å². The molecule has 0 spiro atoms. The van der Waals surface area contributed by atoms with Crippen molar-refractivity contribution in [2.75, 3.05) is 11.9 Å². The predicted molar refractivity (Wildman–Crippen MR) is 115 cm³/mol. The van der Waals surface area contributed by atoms with E-state index in [1.54, 1.807) is 11.0 Å². The highest BCUT2D eigenvalue weighted by Crippen LogP contribution is 2.25. The molecule has 0 saturated heterocycles. The standard InChI is InChI=1S/C24H25N3O3/c28-23(25-22-15-16-30-26-22)17-27(21-9-5-2-6-10-21)24(29)20-13-11-19(12-14-20)18-7-3-1-4-8-18/h1,3-4,7-8,11-16,21H,2,5-6,9-10,17H2,(H,25,26,28). The fourth-order valence-corrected chi connectivity index (χ4v) is 3.98. The number of nitrogens with zero attached hydrogens (tertiary/aromatic N) is 2. The van der Waals surface area contributed by atoms with E-state index in [0.29, 0.717) is 11.4 Å². The molecule has 0 bridgehead atoms. The van der Waals surface area contributed by atoms with Gasteiger partial charge in [0.05, 0.1) is 0 Å². The van der Waals surface area contributed by atoms with Crippen LogP contribution in [0.25, 0.3) is 11.1 Å². The van der Waals surface area contributed by atoms with Crippen molar-refractivity contribution in [2.24, 2.45) is 0 Å². The van der Waals surface area contributed by atoms with Gasteiger partial charge < -0.3 is 14.7 Å². The molecule has 1 aliphatic rings. The molecule has 0 unspecified atom stereocenters. The average molecular weight is 403 g/mol. The molecule has 4 rings (SSSR count). The molecule has 1 aliphatic carbocycles. The summed E-state index contributed by atoms with van der Waals surface area (Å²) in [4.78, 5) is 27.6. The minimum atomic E-state index is -0.274. The van der Waals surface area contributed by atoms with Crippen LogP contribution in [0.5, 0.6) is 0 Å². The highest BCUT2D eigenvalue weighted by atomic mass is 16.5. The van der Waals surface area contributed by atoms with Gasteiger partial charge in [0, 0.05) is 17.7 Å². The highest BCUT2D eigenvalue weighted by Gasteiger charge is 2.28. The number of carbonyl (C=O) groups excluding carboxylic acids is 2. The maximum Gasteiger partial charge on any atom is 0.254 e. The van der Waals surface area contributed by atoms with Crippen molar-refractivity contribution in [3.05, 3.63) is 72.5 Å². The molecule has 154 valence electrons. The summed E-state index contributed by atoms with van der Waals surface area (Å²) in [7, 11) is 0. The molecule has 6 nitrogen and oxygen atoms in total. The Labute approximate surface area is 175 Å². The van der Waals surface area contributed by atoms with Crippen molar-refractivity contribution in [3.8, 4) is 11.1 Å². The summed E-state index contributed by atoms with van der Waals surface area (Å²) in [5, 5.41) is 6.40. The molecule has 1 fully saturated rings. The van der Waals surface area contributed by atoms with Crippen molar-refractivity contribution >= 4 is 17.6 Å². The van der Waals surface area contributed by atoms with Crippen molar-refractivity contribution in [3.63, 3.8) is 0 Å². The third-order valence-electron chi connectivity index (χ3n) is 5.53. The molecule has 2 aromatic carbocycles. The Hall–Kier alpha value is -3.41. The quantitative estimate of drug-likeness (QED) is 0.644. The number of aromatic nitrogens is 1. The number of carbonyl (C=O) groups is 2. The van der Waals surface area contributed by atoms with Gasteiger partial charge in [0.1, 0.15) is 12.8 Å². The fraction of sp³-hybridized carbons (Fsp3) is 0.292. The molecule has 1 heterocycles. The number of hydrogen-bond donors (Lipinski definition) is 1. The molecule has 1 saturated carbocycles. The first kappa shape index (κ1) is 19.9. The first-order valence-corrected chi connectivity index (χ1v) is 10.4. The van der Waals surface area contributed by atoms with Crippen molar-refractivity contribution in [2.45, 2.75) is 38.1 Å². The van der Waals surface area contributed by atoms with Crippen LogP contribution in [0.3, 0.4) is 0 Å². The van der Waals surface area contributed by atoms with Crippen molar-refractivity contribution in [1.29, 1.82) is 0 Å². The normalized spacial score (nSPS) is 14.3. The Balaban J connectivity index is 1.51. The summed E-state index contributed by atoms with van der Waals surface area (Å²) >= 11 is 0. The second-order valence-corrected chi connectivity index (χ2v) is 7.60. The first-order valence-electron chi connectivity index (χ1n) is 10.4. The molecule has 30 heavy (non-hydrogen) atoms. The molecule has 0 atom stereocenters. The molecule has 6 heteroatoms. The van der Waals surface area contributed by atoms with Crippen LogP contribution in [-0.4, -0.2) is 34.5 Å². The maximum atomic E-state index is 13.3. The van der Waals surface area contributed by atoms with E-state index >= 15 is 0 Å². The zero-order chi connectivity index (χ0) is 20.8. The van der Waals surface area contributed by atoms with E-state index < -0.39 is 0 Å². The van der Waals surface area contributed by atoms with E-state index in [1.165, 1.54) is 12.7 Å². The number of rotatable bonds is 6. The smallest absolute Gasteiger partial charge is 0.254 e. The van der Waals surface area contributed by atoms with Crippen LogP contribution in [0, 0.1) is 0 Å². The van der Waals surface area contributed by atoms with Gasteiger partial charge in [-0.05, 0) is 36.1 Å². The van der Waals surface area contributed by atoms with Gasteiger partial charge in [0.2, 0.25) is 5.91 Å². The van der Waals surface area contributed by atoms with Gasteiger partial charge in [0.15, 0.2) is 5.82 Å². The lowest BCUT2D eigenvalue weighted by Gasteiger charge is -2.34. The van der Waals surface area contributed by atoms with Gasteiger partial charge in [-0.2, -0.15) is 0 Å². The molecule has 0 aliphatic heterocycles. The van der Waals surface area contributed by atoms with Crippen LogP contribution < -0.4 is 5.32 Å². The first-order chi connectivity index (χ1) is 14.7. The van der Waals surface area contributed by atoms with Gasteiger partial charge >= 0.3 is 0 Å². The summed E-state index contributed by atoms with van der Waals surface area (Å²) in [6.07, 6.45) is 6.57. The number of nitrogens with one attached hydrogen (secondary N) is 1. The SMILES string of the molecule is O=C(CN(C(=O)c1ccc(-c2ccccc2)cc1)C1CCCCC1)Nc1ccon1. The average Bonchev–Trinajstić information content (AvgIpc) is 3.31. The van der Waals surface area contributed by atoms with Crippen LogP contribution in [0.1, 0.15) is 42.5 Å². The van der Waals surface area contributed by atoms with E-state index in [2.05, 4.69) is 10.5 Å². The lowest BCUT2D eigenvalue weighted by molar-refractivity contribution is -0.117. The summed E-state index contributed by atoms with van der Waals surface area (Å²) in [5.41, 5.74) is 2.75. The minimum Gasteiger partial charge on any atom is -0.363 e. The summed E-state index contributed by atoms with van der Waals surface area (Å²) in [5.74, 6) is -0.0381. The summed E-state index contributed by atoms with van der Waals surface area (Å²) in [6, 6.07) is 19.3. The molecule has 3 aromatic rings. The number of anilines is 1. The Morgan fingerprint density at radius 2 is 1.63 bits per heavy atom. The van der Waals surface area contributed by atoms with Crippen LogP contribution in [0.4, 0.5) is 5.82 Å². The Bertz CT molecular complexity index is 963. The van der Waals surface area contributed by atoms with Gasteiger partial charge in [-0.25, -0.2) is 0 Å². The highest BCUT2D eigenvalue weighted by molar-refractivity contribution is 5.99. The maximum absolute atomic E-state index is 13.3. The Morgan fingerprint density at radius 1 is 0.933 bits per heavy atom. The third-order valence-corrected chi connectivity index (χ3v) is 5.53. The lowest BCUT2D eigenvalue weighted by atomic mass is 9.93. The lowest BCUT2D eigenvalue weighted by Crippen LogP contribution is -2.45. The van der Waals surface area contributed by atoms with E-state index in [0.717, 1.165) is 36.8 Å². The van der Waals surface area contributed by atoms with Gasteiger partial charge in [0.25, 0.3) is 5.91 Å². The van der Waals surface area contributed by atoms with Crippen LogP contribution in [-0.2, 0) is 4.79 Å². The molecule has 1 N–H and O–H groups in total. The van der Waals surface area contributed by atoms with Gasteiger partial charge in [-0.1, -0.05) is 66.9 Å². The molecular weight excluding hydrogens is 378 g/mol. The van der Waals surface area contributed by atoms with Crippen molar-refractivity contribution in [1.82, 2.24) is 10.1 Å². The topological polar surface area (TPSA) is 75.4 Å². The molecule has 1 aromatic heterocycles. The number of amides is 2. The van der Waals surface area contributed by atoms with Crippen molar-refractivity contribution < 1.29 is 14.1 Å².